The van der Waals surface area contributed by atoms with E-state index < -0.39 is 44.4 Å². The molecule has 1 aromatic carbocycles. The minimum atomic E-state index is -4.30. The number of carbonyl (C=O) groups is 1. The number of anilines is 1. The summed E-state index contributed by atoms with van der Waals surface area (Å²) in [5, 5.41) is 16.1. The zero-order valence-corrected chi connectivity index (χ0v) is 31.3. The van der Waals surface area contributed by atoms with E-state index in [9.17, 15) is 28.0 Å². The molecule has 4 unspecified atom stereocenters. The fourth-order valence-electron chi connectivity index (χ4n) is 4.85. The number of nitrogens with one attached hydrogen (secondary N) is 2. The van der Waals surface area contributed by atoms with Gasteiger partial charge in [0.25, 0.3) is 0 Å². The maximum atomic E-state index is 15.0. The number of hydrogen-bond donors (Lipinski definition) is 4. The van der Waals surface area contributed by atoms with Crippen LogP contribution in [-0.4, -0.2) is 58.4 Å². The molecule has 0 aliphatic carbocycles. The molecule has 0 spiro atoms. The highest BCUT2D eigenvalue weighted by molar-refractivity contribution is 7.52. The fourth-order valence-corrected chi connectivity index (χ4v) is 6.32. The van der Waals surface area contributed by atoms with Gasteiger partial charge in [-0.3, -0.25) is 13.9 Å². The van der Waals surface area contributed by atoms with Gasteiger partial charge in [-0.05, 0) is 75.3 Å². The first-order valence-electron chi connectivity index (χ1n) is 17.5. The number of hydrogen-bond acceptors (Lipinski definition) is 9. The number of allylic oxidation sites excluding steroid dienone is 10. The van der Waals surface area contributed by atoms with Gasteiger partial charge in [-0.1, -0.05) is 79.3 Å². The number of alkyl halides is 2. The van der Waals surface area contributed by atoms with Gasteiger partial charge in [0, 0.05) is 30.7 Å². The van der Waals surface area contributed by atoms with Crippen LogP contribution in [-0.2, 0) is 18.6 Å². The first-order chi connectivity index (χ1) is 25.4. The number of carbonyl (C=O) groups excluding carboxylic acids is 1. The van der Waals surface area contributed by atoms with Crippen LogP contribution in [0.15, 0.2) is 102 Å². The molecular formula is C37H49ClF2N5O7P. The van der Waals surface area contributed by atoms with Crippen molar-refractivity contribution < 1.29 is 37.0 Å². The summed E-state index contributed by atoms with van der Waals surface area (Å²) >= 11 is 5.93. The molecule has 1 amide bonds. The van der Waals surface area contributed by atoms with Crippen LogP contribution >= 0.6 is 19.3 Å². The molecule has 0 radical (unpaired) electrons. The fraction of sp³-hybridized carbons (Fsp3) is 0.432. The molecule has 0 bridgehead atoms. The van der Waals surface area contributed by atoms with E-state index in [0.717, 1.165) is 50.8 Å². The predicted molar refractivity (Wildman–Crippen MR) is 203 cm³/mol. The van der Waals surface area contributed by atoms with Gasteiger partial charge in [-0.2, -0.15) is 13.8 Å². The summed E-state index contributed by atoms with van der Waals surface area (Å²) in [5.41, 5.74) is 4.33. The zero-order chi connectivity index (χ0) is 38.5. The van der Waals surface area contributed by atoms with Crippen LogP contribution in [0, 0.1) is 0 Å². The minimum Gasteiger partial charge on any atom is -0.413 e. The Morgan fingerprint density at radius 2 is 1.62 bits per heavy atom. The number of nitrogen functional groups attached to an aromatic ring is 1. The zero-order valence-electron chi connectivity index (χ0n) is 29.7. The Kier molecular flexibility index (Phi) is 18.9. The molecule has 1 aliphatic rings. The van der Waals surface area contributed by atoms with Crippen molar-refractivity contribution in [2.24, 2.45) is 0 Å². The largest absolute Gasteiger partial charge is 0.458 e. The highest BCUT2D eigenvalue weighted by atomic mass is 35.5. The number of ether oxygens (including phenoxy) is 1. The lowest BCUT2D eigenvalue weighted by Gasteiger charge is -2.22. The molecule has 16 heteroatoms. The van der Waals surface area contributed by atoms with Crippen molar-refractivity contribution in [3.63, 3.8) is 0 Å². The van der Waals surface area contributed by atoms with Crippen LogP contribution in [0.2, 0.25) is 5.02 Å². The number of nitrogens with zero attached hydrogens (tertiary/aromatic N) is 2. The second-order valence-corrected chi connectivity index (χ2v) is 14.1. The molecule has 0 saturated carbocycles. The SMILES string of the molecule is CCC=CCC=CCC=CCC=CCC=CCCCC(=O)NCCNP(=O)(OCC1OC(n2ccc(N)nc2=O)C(F)(F)C1O)Oc1ccc(Cl)cc1. The van der Waals surface area contributed by atoms with Gasteiger partial charge in [-0.25, -0.2) is 14.4 Å². The maximum Gasteiger partial charge on any atom is 0.458 e. The predicted octanol–water partition coefficient (Wildman–Crippen LogP) is 7.20. The second kappa shape index (κ2) is 23.0. The molecule has 1 saturated heterocycles. The van der Waals surface area contributed by atoms with Crippen molar-refractivity contribution in [1.29, 1.82) is 0 Å². The van der Waals surface area contributed by atoms with Crippen molar-refractivity contribution in [2.75, 3.05) is 25.4 Å². The Labute approximate surface area is 314 Å². The molecule has 12 nitrogen and oxygen atoms in total. The van der Waals surface area contributed by atoms with Crippen molar-refractivity contribution in [1.82, 2.24) is 20.0 Å². The Balaban J connectivity index is 1.40. The Bertz CT molecular complexity index is 1680. The first kappa shape index (κ1) is 43.5. The van der Waals surface area contributed by atoms with E-state index in [1.54, 1.807) is 0 Å². The summed E-state index contributed by atoms with van der Waals surface area (Å²) in [7, 11) is -4.30. The summed E-state index contributed by atoms with van der Waals surface area (Å²) in [4.78, 5) is 28.0. The van der Waals surface area contributed by atoms with Crippen molar-refractivity contribution in [2.45, 2.75) is 82.6 Å². The number of halogens is 3. The van der Waals surface area contributed by atoms with Crippen molar-refractivity contribution >= 4 is 31.1 Å². The molecule has 2 aromatic rings. The number of rotatable bonds is 23. The third-order valence-electron chi connectivity index (χ3n) is 7.62. The number of benzene rings is 1. The quantitative estimate of drug-likeness (QED) is 0.0515. The van der Waals surface area contributed by atoms with Crippen LogP contribution in [0.1, 0.15) is 64.5 Å². The average Bonchev–Trinajstić information content (AvgIpc) is 3.35. The third kappa shape index (κ3) is 15.5. The molecule has 53 heavy (non-hydrogen) atoms. The van der Waals surface area contributed by atoms with Crippen LogP contribution in [0.3, 0.4) is 0 Å². The molecule has 5 N–H and O–H groups in total. The highest BCUT2D eigenvalue weighted by Crippen LogP contribution is 2.47. The van der Waals surface area contributed by atoms with Crippen molar-refractivity contribution in [3.8, 4) is 5.75 Å². The minimum absolute atomic E-state index is 0.0492. The summed E-state index contributed by atoms with van der Waals surface area (Å²) in [5.74, 6) is -4.25. The average molecular weight is 780 g/mol. The number of aliphatic hydroxyl groups excluding tert-OH is 1. The van der Waals surface area contributed by atoms with E-state index >= 15 is 0 Å². The van der Waals surface area contributed by atoms with E-state index in [0.29, 0.717) is 16.0 Å². The topological polar surface area (TPSA) is 167 Å². The van der Waals surface area contributed by atoms with E-state index in [1.807, 2.05) is 6.08 Å². The lowest BCUT2D eigenvalue weighted by atomic mass is 10.1. The van der Waals surface area contributed by atoms with E-state index in [1.165, 1.54) is 24.3 Å². The number of aromatic nitrogens is 2. The third-order valence-corrected chi connectivity index (χ3v) is 9.42. The van der Waals surface area contributed by atoms with Gasteiger partial charge >= 0.3 is 19.4 Å². The summed E-state index contributed by atoms with van der Waals surface area (Å²) in [6, 6.07) is 6.93. The lowest BCUT2D eigenvalue weighted by Crippen LogP contribution is -2.42. The lowest BCUT2D eigenvalue weighted by molar-refractivity contribution is -0.140. The molecule has 1 fully saturated rings. The maximum absolute atomic E-state index is 15.0. The molecule has 4 atom stereocenters. The first-order valence-corrected chi connectivity index (χ1v) is 19.4. The molecule has 3 rings (SSSR count). The number of nitrogens with two attached hydrogens (primary N) is 1. The summed E-state index contributed by atoms with van der Waals surface area (Å²) < 4.78 is 60.5. The molecule has 1 aromatic heterocycles. The highest BCUT2D eigenvalue weighted by Gasteiger charge is 2.60. The van der Waals surface area contributed by atoms with Crippen LogP contribution in [0.4, 0.5) is 14.6 Å². The Morgan fingerprint density at radius 3 is 2.23 bits per heavy atom. The second-order valence-electron chi connectivity index (χ2n) is 11.9. The molecule has 2 heterocycles. The number of aliphatic hydroxyl groups is 1. The monoisotopic (exact) mass is 779 g/mol. The molecule has 1 aliphatic heterocycles. The van der Waals surface area contributed by atoms with Gasteiger partial charge in [-0.15, -0.1) is 0 Å². The van der Waals surface area contributed by atoms with Gasteiger partial charge in [0.15, 0.2) is 6.10 Å². The van der Waals surface area contributed by atoms with Crippen LogP contribution in [0.25, 0.3) is 0 Å². The van der Waals surface area contributed by atoms with Crippen molar-refractivity contribution in [3.05, 3.63) is 113 Å². The number of amides is 1. The van der Waals surface area contributed by atoms with Gasteiger partial charge in [0.2, 0.25) is 12.1 Å². The van der Waals surface area contributed by atoms with Gasteiger partial charge < -0.3 is 25.4 Å². The summed E-state index contributed by atoms with van der Waals surface area (Å²) in [6.45, 7) is 1.28. The Hall–Kier alpha value is -3.91. The molecule has 290 valence electrons. The van der Waals surface area contributed by atoms with Crippen LogP contribution in [0.5, 0.6) is 5.75 Å². The number of unbranched alkanes of at least 4 members (excludes halogenated alkanes) is 1. The Morgan fingerprint density at radius 1 is 1.02 bits per heavy atom. The normalized spacial score (nSPS) is 20.0. The van der Waals surface area contributed by atoms with Gasteiger partial charge in [0.05, 0.1) is 6.61 Å². The standard InChI is InChI=1S/C37H49ClF2N5O7P/c1-2-3-4-5-6-7-8-9-10-11-12-13-14-15-16-17-18-19-33(46)42-25-26-43-53(49,52-30-22-20-29(38)21-23-30)50-28-31-34(47)37(39,40)35(51-31)45-27-24-32(41)44-36(45)48/h3-4,6-7,9-10,12-13,15-16,20-24,27,31,34-35,47H,2,5,8,11,14,17-19,25-26,28H2,1H3,(H,42,46)(H,43,49)(H2,41,44,48). The summed E-state index contributed by atoms with van der Waals surface area (Å²) in [6.07, 6.45) is 22.1. The van der Waals surface area contributed by atoms with E-state index in [4.69, 9.17) is 31.1 Å². The molecular weight excluding hydrogens is 731 g/mol. The smallest absolute Gasteiger partial charge is 0.413 e. The van der Waals surface area contributed by atoms with Crippen LogP contribution < -0.4 is 26.4 Å². The van der Waals surface area contributed by atoms with E-state index in [-0.39, 0.29) is 37.0 Å². The van der Waals surface area contributed by atoms with Gasteiger partial charge in [0.1, 0.15) is 17.7 Å². The van der Waals surface area contributed by atoms with E-state index in [2.05, 4.69) is 77.0 Å².